The minimum Gasteiger partial charge on any atom is -0.496 e. The fourth-order valence-corrected chi connectivity index (χ4v) is 2.08. The summed E-state index contributed by atoms with van der Waals surface area (Å²) >= 11 is 0. The maximum atomic E-state index is 11.9. The number of rotatable bonds is 6. The molecule has 2 aromatic rings. The van der Waals surface area contributed by atoms with E-state index in [9.17, 15) is 9.59 Å². The number of carboxylic acid groups (broad SMARTS) is 1. The minimum atomic E-state index is -1.01. The molecular weight excluding hydrogens is 286 g/mol. The van der Waals surface area contributed by atoms with Gasteiger partial charge in [0, 0.05) is 12.1 Å². The number of furan rings is 1. The number of methoxy groups -OCH3 is 1. The Morgan fingerprint density at radius 3 is 2.68 bits per heavy atom. The van der Waals surface area contributed by atoms with Crippen LogP contribution in [0, 0.1) is 6.92 Å². The Balaban J connectivity index is 1.98. The highest BCUT2D eigenvalue weighted by Gasteiger charge is 2.13. The van der Waals surface area contributed by atoms with E-state index < -0.39 is 5.97 Å². The molecule has 0 radical (unpaired) electrons. The Morgan fingerprint density at radius 1 is 1.32 bits per heavy atom. The molecule has 0 aliphatic carbocycles. The maximum Gasteiger partial charge on any atom is 0.335 e. The summed E-state index contributed by atoms with van der Waals surface area (Å²) in [6.07, 6.45) is 1.99. The molecule has 22 heavy (non-hydrogen) atoms. The van der Waals surface area contributed by atoms with E-state index in [0.29, 0.717) is 24.5 Å². The van der Waals surface area contributed by atoms with Crippen molar-refractivity contribution in [3.8, 4) is 5.75 Å². The minimum absolute atomic E-state index is 0.163. The van der Waals surface area contributed by atoms with Gasteiger partial charge >= 0.3 is 5.97 Å². The summed E-state index contributed by atoms with van der Waals surface area (Å²) in [5.74, 6) is -0.494. The molecule has 6 heteroatoms. The molecule has 0 aliphatic rings. The van der Waals surface area contributed by atoms with Crippen LogP contribution in [0.1, 0.15) is 32.0 Å². The zero-order chi connectivity index (χ0) is 16.1. The van der Waals surface area contributed by atoms with Crippen LogP contribution in [0.2, 0.25) is 0 Å². The van der Waals surface area contributed by atoms with Gasteiger partial charge < -0.3 is 19.6 Å². The molecular formula is C16H17NO5. The lowest BCUT2D eigenvalue weighted by Gasteiger charge is -2.10. The van der Waals surface area contributed by atoms with Crippen molar-refractivity contribution in [2.24, 2.45) is 0 Å². The van der Waals surface area contributed by atoms with Crippen molar-refractivity contribution in [2.45, 2.75) is 13.3 Å². The van der Waals surface area contributed by atoms with Crippen LogP contribution in [-0.4, -0.2) is 30.6 Å². The Labute approximate surface area is 127 Å². The summed E-state index contributed by atoms with van der Waals surface area (Å²) in [6, 6.07) is 6.39. The monoisotopic (exact) mass is 303 g/mol. The molecule has 0 saturated heterocycles. The van der Waals surface area contributed by atoms with E-state index in [1.54, 1.807) is 19.1 Å². The quantitative estimate of drug-likeness (QED) is 0.854. The predicted octanol–water partition coefficient (Wildman–Crippen LogP) is 2.27. The van der Waals surface area contributed by atoms with E-state index in [-0.39, 0.29) is 11.5 Å². The van der Waals surface area contributed by atoms with E-state index in [2.05, 4.69) is 5.32 Å². The number of amides is 1. The van der Waals surface area contributed by atoms with Crippen LogP contribution in [0.3, 0.4) is 0 Å². The first-order chi connectivity index (χ1) is 10.5. The zero-order valence-electron chi connectivity index (χ0n) is 12.4. The van der Waals surface area contributed by atoms with E-state index >= 15 is 0 Å². The topological polar surface area (TPSA) is 88.8 Å². The van der Waals surface area contributed by atoms with Crippen molar-refractivity contribution in [3.05, 3.63) is 53.0 Å². The molecule has 2 N–H and O–H groups in total. The average Bonchev–Trinajstić information content (AvgIpc) is 2.93. The van der Waals surface area contributed by atoms with Crippen molar-refractivity contribution >= 4 is 11.9 Å². The van der Waals surface area contributed by atoms with E-state index in [1.807, 2.05) is 0 Å². The first-order valence-electron chi connectivity index (χ1n) is 6.75. The first-order valence-corrected chi connectivity index (χ1v) is 6.75. The van der Waals surface area contributed by atoms with Crippen molar-refractivity contribution in [2.75, 3.05) is 13.7 Å². The number of hydrogen-bond acceptors (Lipinski definition) is 4. The lowest BCUT2D eigenvalue weighted by atomic mass is 10.1. The van der Waals surface area contributed by atoms with E-state index in [0.717, 1.165) is 11.1 Å². The van der Waals surface area contributed by atoms with Gasteiger partial charge in [-0.2, -0.15) is 0 Å². The van der Waals surface area contributed by atoms with Gasteiger partial charge in [0.25, 0.3) is 5.91 Å². The third kappa shape index (κ3) is 3.46. The van der Waals surface area contributed by atoms with Gasteiger partial charge in [0.05, 0.1) is 18.9 Å². The van der Waals surface area contributed by atoms with Crippen molar-refractivity contribution in [3.63, 3.8) is 0 Å². The number of hydrogen-bond donors (Lipinski definition) is 2. The molecule has 0 bridgehead atoms. The standard InChI is InChI=1S/C16H17NO5/c1-10-6-8-22-14(10)15(18)17-7-5-11-3-4-12(16(19)20)9-13(11)21-2/h3-4,6,8-9H,5,7H2,1-2H3,(H,17,18)(H,19,20). The molecule has 0 spiro atoms. The van der Waals surface area contributed by atoms with Crippen molar-refractivity contribution in [1.82, 2.24) is 5.32 Å². The molecule has 0 unspecified atom stereocenters. The van der Waals surface area contributed by atoms with Crippen LogP contribution in [0.5, 0.6) is 5.75 Å². The van der Waals surface area contributed by atoms with Crippen LogP contribution < -0.4 is 10.1 Å². The Bertz CT molecular complexity index is 690. The van der Waals surface area contributed by atoms with Gasteiger partial charge in [-0.25, -0.2) is 4.79 Å². The Morgan fingerprint density at radius 2 is 2.09 bits per heavy atom. The van der Waals surface area contributed by atoms with E-state index in [1.165, 1.54) is 25.5 Å². The second-order valence-electron chi connectivity index (χ2n) is 4.77. The SMILES string of the molecule is COc1cc(C(=O)O)ccc1CCNC(=O)c1occc1C. The largest absolute Gasteiger partial charge is 0.496 e. The van der Waals surface area contributed by atoms with Gasteiger partial charge in [-0.3, -0.25) is 4.79 Å². The summed E-state index contributed by atoms with van der Waals surface area (Å²) < 4.78 is 10.3. The number of carbonyl (C=O) groups is 2. The number of aromatic carboxylic acids is 1. The molecule has 1 aromatic carbocycles. The summed E-state index contributed by atoms with van der Waals surface area (Å²) in [5.41, 5.74) is 1.76. The normalized spacial score (nSPS) is 10.3. The number of carbonyl (C=O) groups excluding carboxylic acids is 1. The maximum absolute atomic E-state index is 11.9. The van der Waals surface area contributed by atoms with Crippen molar-refractivity contribution in [1.29, 1.82) is 0 Å². The predicted molar refractivity (Wildman–Crippen MR) is 79.4 cm³/mol. The van der Waals surface area contributed by atoms with Crippen LogP contribution in [-0.2, 0) is 6.42 Å². The molecule has 0 saturated carbocycles. The molecule has 1 heterocycles. The van der Waals surface area contributed by atoms with Gasteiger partial charge in [0.15, 0.2) is 5.76 Å². The summed E-state index contributed by atoms with van der Waals surface area (Å²) in [4.78, 5) is 22.8. The second kappa shape index (κ2) is 6.80. The lowest BCUT2D eigenvalue weighted by molar-refractivity contribution is 0.0696. The fraction of sp³-hybridized carbons (Fsp3) is 0.250. The molecule has 6 nitrogen and oxygen atoms in total. The third-order valence-electron chi connectivity index (χ3n) is 3.28. The molecule has 1 amide bonds. The molecule has 0 aliphatic heterocycles. The smallest absolute Gasteiger partial charge is 0.335 e. The first kappa shape index (κ1) is 15.6. The highest BCUT2D eigenvalue weighted by atomic mass is 16.5. The van der Waals surface area contributed by atoms with Gasteiger partial charge in [-0.1, -0.05) is 6.07 Å². The van der Waals surface area contributed by atoms with Gasteiger partial charge in [0.2, 0.25) is 0 Å². The summed E-state index contributed by atoms with van der Waals surface area (Å²) in [5, 5.41) is 11.7. The second-order valence-corrected chi connectivity index (χ2v) is 4.77. The van der Waals surface area contributed by atoms with Crippen molar-refractivity contribution < 1.29 is 23.8 Å². The Hall–Kier alpha value is -2.76. The van der Waals surface area contributed by atoms with Gasteiger partial charge in [-0.15, -0.1) is 0 Å². The number of benzene rings is 1. The summed E-state index contributed by atoms with van der Waals surface area (Å²) in [7, 11) is 1.48. The molecule has 0 fully saturated rings. The number of aryl methyl sites for hydroxylation is 1. The molecule has 0 atom stereocenters. The molecule has 116 valence electrons. The highest BCUT2D eigenvalue weighted by molar-refractivity contribution is 5.92. The van der Waals surface area contributed by atoms with Crippen LogP contribution >= 0.6 is 0 Å². The number of carboxylic acids is 1. The molecule has 2 rings (SSSR count). The average molecular weight is 303 g/mol. The summed E-state index contributed by atoms with van der Waals surface area (Å²) in [6.45, 7) is 2.19. The van der Waals surface area contributed by atoms with Crippen LogP contribution in [0.15, 0.2) is 34.9 Å². The highest BCUT2D eigenvalue weighted by Crippen LogP contribution is 2.20. The Kier molecular flexibility index (Phi) is 4.83. The number of ether oxygens (including phenoxy) is 1. The number of nitrogens with one attached hydrogen (secondary N) is 1. The third-order valence-corrected chi connectivity index (χ3v) is 3.28. The lowest BCUT2D eigenvalue weighted by Crippen LogP contribution is -2.26. The van der Waals surface area contributed by atoms with Crippen LogP contribution in [0.4, 0.5) is 0 Å². The molecule has 1 aromatic heterocycles. The van der Waals surface area contributed by atoms with Gasteiger partial charge in [0.1, 0.15) is 5.75 Å². The van der Waals surface area contributed by atoms with Crippen LogP contribution in [0.25, 0.3) is 0 Å². The fourth-order valence-electron chi connectivity index (χ4n) is 2.08. The van der Waals surface area contributed by atoms with E-state index in [4.69, 9.17) is 14.3 Å². The zero-order valence-corrected chi connectivity index (χ0v) is 12.4. The van der Waals surface area contributed by atoms with Gasteiger partial charge in [-0.05, 0) is 37.1 Å².